The van der Waals surface area contributed by atoms with Crippen molar-refractivity contribution in [3.8, 4) is 0 Å². The van der Waals surface area contributed by atoms with Crippen LogP contribution in [-0.2, 0) is 50.7 Å². The molecule has 7 atom stereocenters. The van der Waals surface area contributed by atoms with Crippen molar-refractivity contribution in [1.82, 2.24) is 30.2 Å². The summed E-state index contributed by atoms with van der Waals surface area (Å²) in [5.41, 5.74) is 4.27. The Bertz CT molecular complexity index is 1750. The van der Waals surface area contributed by atoms with Gasteiger partial charge in [0.05, 0.1) is 19.5 Å². The van der Waals surface area contributed by atoms with Gasteiger partial charge in [-0.3, -0.25) is 32.5 Å². The highest BCUT2D eigenvalue weighted by Gasteiger charge is 2.50. The maximum absolute atomic E-state index is 12.6. The number of ether oxygens (including phenoxy) is 1. The molecule has 0 aliphatic carbocycles. The molecule has 1 fully saturated rings. The lowest BCUT2D eigenvalue weighted by molar-refractivity contribution is -0.137. The first kappa shape index (κ1) is 45.0. The number of nitrogens with two attached hydrogens (primary N) is 1. The Kier molecular flexibility index (Phi) is 16.1. The van der Waals surface area contributed by atoms with Crippen LogP contribution in [-0.4, -0.2) is 123 Å². The molecule has 1 aliphatic rings. The van der Waals surface area contributed by atoms with Crippen LogP contribution in [0.4, 0.5) is 5.82 Å². The number of amides is 2. The quantitative estimate of drug-likeness (QED) is 0.0563. The van der Waals surface area contributed by atoms with E-state index >= 15 is 0 Å². The van der Waals surface area contributed by atoms with Crippen LogP contribution in [0.2, 0.25) is 0 Å². The average molecular weight is 838 g/mol. The Morgan fingerprint density at radius 3 is 2.40 bits per heavy atom. The average Bonchev–Trinajstić information content (AvgIpc) is 3.61. The van der Waals surface area contributed by atoms with Crippen molar-refractivity contribution < 1.29 is 80.5 Å². The molecule has 300 valence electrons. The number of aromatic nitrogens is 4. The molecule has 2 aromatic rings. The van der Waals surface area contributed by atoms with Crippen molar-refractivity contribution in [2.75, 3.05) is 37.8 Å². The van der Waals surface area contributed by atoms with Gasteiger partial charge in [0, 0.05) is 37.1 Å². The van der Waals surface area contributed by atoms with E-state index in [4.69, 9.17) is 19.5 Å². The maximum Gasteiger partial charge on any atom is 0.481 e. The summed E-state index contributed by atoms with van der Waals surface area (Å²) >= 11 is 1.09. The maximum atomic E-state index is 12.6. The SMILES string of the molecule is CCCC(=O)SCCNC(=O)CCNC(=O)[C@H](O)C(C)(C)COP(=O)(O)OP(=O)(O)OC[C@H]1O[C@H](n2cnc3c(N)ncnc32)[C@H](O)[C@@H]1OP(=O)(O)O. The molecular formula is C25H42N7O17P3S. The van der Waals surface area contributed by atoms with E-state index in [1.807, 2.05) is 6.92 Å². The summed E-state index contributed by atoms with van der Waals surface area (Å²) < 4.78 is 61.9. The molecule has 2 unspecified atom stereocenters. The van der Waals surface area contributed by atoms with Gasteiger partial charge < -0.3 is 50.9 Å². The predicted octanol–water partition coefficient (Wildman–Crippen LogP) is -0.535. The van der Waals surface area contributed by atoms with Crippen molar-refractivity contribution in [3.63, 3.8) is 0 Å². The third-order valence-corrected chi connectivity index (χ3v) is 11.3. The van der Waals surface area contributed by atoms with Crippen LogP contribution < -0.4 is 16.4 Å². The topological polar surface area (TPSA) is 364 Å². The van der Waals surface area contributed by atoms with E-state index < -0.39 is 84.6 Å². The van der Waals surface area contributed by atoms with Crippen molar-refractivity contribution in [2.24, 2.45) is 5.41 Å². The molecule has 0 radical (unpaired) electrons. The fourth-order valence-corrected chi connectivity index (χ4v) is 8.18. The first-order valence-electron chi connectivity index (χ1n) is 15.6. The Balaban J connectivity index is 1.52. The number of aliphatic hydroxyl groups is 2. The summed E-state index contributed by atoms with van der Waals surface area (Å²) in [5.74, 6) is -1.06. The van der Waals surface area contributed by atoms with Gasteiger partial charge >= 0.3 is 23.5 Å². The number of carbonyl (C=O) groups excluding carboxylic acids is 3. The van der Waals surface area contributed by atoms with Gasteiger partial charge in [-0.25, -0.2) is 28.6 Å². The van der Waals surface area contributed by atoms with Gasteiger partial charge in [0.25, 0.3) is 0 Å². The molecule has 28 heteroatoms. The molecule has 1 aliphatic heterocycles. The number of nitrogens with one attached hydrogen (secondary N) is 2. The Hall–Kier alpha value is -2.44. The zero-order chi connectivity index (χ0) is 39.8. The summed E-state index contributed by atoms with van der Waals surface area (Å²) in [6.07, 6.45) is -5.73. The Morgan fingerprint density at radius 1 is 1.06 bits per heavy atom. The van der Waals surface area contributed by atoms with Crippen LogP contribution in [0.3, 0.4) is 0 Å². The largest absolute Gasteiger partial charge is 0.481 e. The zero-order valence-corrected chi connectivity index (χ0v) is 32.0. The molecule has 3 heterocycles. The number of anilines is 1. The highest BCUT2D eigenvalue weighted by Crippen LogP contribution is 2.61. The minimum Gasteiger partial charge on any atom is -0.386 e. The minimum atomic E-state index is -5.56. The summed E-state index contributed by atoms with van der Waals surface area (Å²) in [7, 11) is -16.4. The van der Waals surface area contributed by atoms with Crippen LogP contribution in [0.1, 0.15) is 46.3 Å². The van der Waals surface area contributed by atoms with Crippen LogP contribution in [0.25, 0.3) is 11.2 Å². The fourth-order valence-electron chi connectivity index (χ4n) is 4.57. The minimum absolute atomic E-state index is 0.0127. The molecule has 53 heavy (non-hydrogen) atoms. The number of phosphoric ester groups is 3. The molecular weight excluding hydrogens is 795 g/mol. The van der Waals surface area contributed by atoms with E-state index in [-0.39, 0.29) is 41.6 Å². The summed E-state index contributed by atoms with van der Waals surface area (Å²) in [4.78, 5) is 86.8. The van der Waals surface area contributed by atoms with E-state index in [0.717, 1.165) is 35.4 Å². The number of thioether (sulfide) groups is 1. The van der Waals surface area contributed by atoms with Crippen LogP contribution in [0, 0.1) is 5.41 Å². The van der Waals surface area contributed by atoms with Gasteiger partial charge in [-0.15, -0.1) is 0 Å². The normalized spacial score (nSPS) is 22.2. The molecule has 1 saturated heterocycles. The van der Waals surface area contributed by atoms with Crippen LogP contribution in [0.5, 0.6) is 0 Å². The molecule has 10 N–H and O–H groups in total. The molecule has 0 aromatic carbocycles. The molecule has 2 amide bonds. The molecule has 2 aromatic heterocycles. The van der Waals surface area contributed by atoms with E-state index in [0.29, 0.717) is 12.2 Å². The predicted molar refractivity (Wildman–Crippen MR) is 182 cm³/mol. The standard InChI is InChI=1S/C25H42N7O17P3S/c1-4-5-16(34)53-9-8-27-15(33)6-7-28-23(37)20(36)25(2,3)11-46-52(43,44)49-51(41,42)45-10-14-19(48-50(38,39)40)18(35)24(47-14)32-13-31-17-21(26)29-12-30-22(17)32/h12-14,18-20,24,35-36H,4-11H2,1-3H3,(H,27,33)(H,28,37)(H,41,42)(H,43,44)(H2,26,29,30)(H2,38,39,40)/t14-,18-,19-,20+,24+/m1/s1. The zero-order valence-electron chi connectivity index (χ0n) is 28.5. The summed E-state index contributed by atoms with van der Waals surface area (Å²) in [5, 5.41) is 26.3. The van der Waals surface area contributed by atoms with Gasteiger partial charge in [0.15, 0.2) is 22.8 Å². The van der Waals surface area contributed by atoms with E-state index in [2.05, 4.69) is 34.4 Å². The number of hydrogen-bond acceptors (Lipinski definition) is 18. The van der Waals surface area contributed by atoms with E-state index in [1.165, 1.54) is 13.8 Å². The van der Waals surface area contributed by atoms with Gasteiger partial charge in [-0.05, 0) is 6.42 Å². The summed E-state index contributed by atoms with van der Waals surface area (Å²) in [6, 6.07) is 0. The third kappa shape index (κ3) is 13.7. The van der Waals surface area contributed by atoms with E-state index in [9.17, 15) is 57.9 Å². The van der Waals surface area contributed by atoms with Gasteiger partial charge in [-0.1, -0.05) is 32.5 Å². The number of aliphatic hydroxyl groups excluding tert-OH is 2. The van der Waals surface area contributed by atoms with Crippen LogP contribution in [0.15, 0.2) is 12.7 Å². The van der Waals surface area contributed by atoms with Crippen molar-refractivity contribution in [3.05, 3.63) is 12.7 Å². The summed E-state index contributed by atoms with van der Waals surface area (Å²) in [6.45, 7) is 2.41. The number of hydrogen-bond donors (Lipinski definition) is 9. The smallest absolute Gasteiger partial charge is 0.386 e. The van der Waals surface area contributed by atoms with Crippen molar-refractivity contribution in [2.45, 2.75) is 70.7 Å². The number of phosphoric acid groups is 3. The highest BCUT2D eigenvalue weighted by molar-refractivity contribution is 8.13. The first-order chi connectivity index (χ1) is 24.6. The Morgan fingerprint density at radius 2 is 1.74 bits per heavy atom. The number of imidazole rings is 1. The van der Waals surface area contributed by atoms with Gasteiger partial charge in [0.2, 0.25) is 11.8 Å². The number of nitrogen functional groups attached to an aromatic ring is 1. The first-order valence-corrected chi connectivity index (χ1v) is 21.1. The molecule has 3 rings (SSSR count). The second-order valence-electron chi connectivity index (χ2n) is 12.0. The van der Waals surface area contributed by atoms with Crippen molar-refractivity contribution in [1.29, 1.82) is 0 Å². The second kappa shape index (κ2) is 18.9. The number of nitrogens with zero attached hydrogens (tertiary/aromatic N) is 4. The van der Waals surface area contributed by atoms with E-state index in [1.54, 1.807) is 0 Å². The molecule has 0 bridgehead atoms. The van der Waals surface area contributed by atoms with Crippen LogP contribution >= 0.6 is 35.2 Å². The lowest BCUT2D eigenvalue weighted by atomic mass is 9.87. The molecule has 0 saturated carbocycles. The Labute approximate surface area is 306 Å². The van der Waals surface area contributed by atoms with Gasteiger partial charge in [0.1, 0.15) is 36.3 Å². The number of fused-ring (bicyclic) bond motifs is 1. The van der Waals surface area contributed by atoms with Crippen molar-refractivity contribution >= 4 is 69.1 Å². The second-order valence-corrected chi connectivity index (χ2v) is 17.4. The number of carbonyl (C=O) groups is 3. The highest BCUT2D eigenvalue weighted by atomic mass is 32.2. The monoisotopic (exact) mass is 837 g/mol. The lowest BCUT2D eigenvalue weighted by Crippen LogP contribution is -2.46. The van der Waals surface area contributed by atoms with Gasteiger partial charge in [-0.2, -0.15) is 4.31 Å². The molecule has 0 spiro atoms. The molecule has 24 nitrogen and oxygen atoms in total. The fraction of sp³-hybridized carbons (Fsp3) is 0.680. The lowest BCUT2D eigenvalue weighted by Gasteiger charge is -2.30. The third-order valence-electron chi connectivity index (χ3n) is 7.22. The number of rotatable bonds is 21.